The van der Waals surface area contributed by atoms with Crippen LogP contribution in [0.2, 0.25) is 0 Å². The third-order valence-corrected chi connectivity index (χ3v) is 5.21. The molecule has 0 aliphatic carbocycles. The van der Waals surface area contributed by atoms with Gasteiger partial charge in [0.15, 0.2) is 0 Å². The average Bonchev–Trinajstić information content (AvgIpc) is 2.11. The summed E-state index contributed by atoms with van der Waals surface area (Å²) in [6.45, 7) is 5.36. The fourth-order valence-corrected chi connectivity index (χ4v) is 4.49. The molecule has 1 aromatic carbocycles. The maximum Gasteiger partial charge on any atom is 0.243 e. The molecule has 0 saturated carbocycles. The summed E-state index contributed by atoms with van der Waals surface area (Å²) in [7, 11) is -3.53. The van der Waals surface area contributed by atoms with Crippen molar-refractivity contribution in [2.24, 2.45) is 0 Å². The van der Waals surface area contributed by atoms with Gasteiger partial charge in [-0.3, -0.25) is 0 Å². The number of hydrogen-bond donors (Lipinski definition) is 2. The van der Waals surface area contributed by atoms with Crippen LogP contribution in [-0.4, -0.2) is 36.5 Å². The first-order chi connectivity index (χ1) is 8.13. The maximum atomic E-state index is 12.4. The number of sulfonamides is 1. The zero-order valence-electron chi connectivity index (χ0n) is 10.8. The number of rotatable bonds is 2. The van der Waals surface area contributed by atoms with Gasteiger partial charge in [0.2, 0.25) is 10.0 Å². The van der Waals surface area contributed by atoms with Gasteiger partial charge in [-0.2, -0.15) is 4.31 Å². The Morgan fingerprint density at radius 1 is 1.28 bits per heavy atom. The third kappa shape index (κ3) is 2.11. The molecule has 0 spiro atoms. The van der Waals surface area contributed by atoms with Crippen molar-refractivity contribution in [2.45, 2.75) is 31.3 Å². The first-order valence-electron chi connectivity index (χ1n) is 5.73. The Morgan fingerprint density at radius 2 is 1.72 bits per heavy atom. The number of hydrogen-bond acceptors (Lipinski definition) is 4. The van der Waals surface area contributed by atoms with Gasteiger partial charge >= 0.3 is 0 Å². The Hall–Kier alpha value is -1.11. The van der Waals surface area contributed by atoms with Crippen molar-refractivity contribution in [3.63, 3.8) is 0 Å². The molecular weight excluding hydrogens is 252 g/mol. The van der Waals surface area contributed by atoms with Crippen LogP contribution in [0.4, 0.5) is 5.69 Å². The summed E-state index contributed by atoms with van der Waals surface area (Å²) in [5.41, 5.74) is 6.61. The summed E-state index contributed by atoms with van der Waals surface area (Å²) in [5.74, 6) is 0. The van der Waals surface area contributed by atoms with E-state index in [1.165, 1.54) is 4.31 Å². The molecule has 0 atom stereocenters. The van der Waals surface area contributed by atoms with Crippen LogP contribution >= 0.6 is 0 Å². The van der Waals surface area contributed by atoms with Gasteiger partial charge in [-0.25, -0.2) is 8.42 Å². The van der Waals surface area contributed by atoms with E-state index in [0.29, 0.717) is 21.7 Å². The molecule has 2 rings (SSSR count). The normalized spacial score (nSPS) is 19.6. The van der Waals surface area contributed by atoms with E-state index in [9.17, 15) is 13.5 Å². The molecule has 0 aromatic heterocycles. The number of nitrogen functional groups attached to an aromatic ring is 1. The SMILES string of the molecule is Cc1cc(N)cc(C)c1S(=O)(=O)N1CC(C)(O)C1. The van der Waals surface area contributed by atoms with Gasteiger partial charge in [0.1, 0.15) is 0 Å². The van der Waals surface area contributed by atoms with Gasteiger partial charge in [0, 0.05) is 18.8 Å². The molecular formula is C12H18N2O3S. The van der Waals surface area contributed by atoms with Crippen LogP contribution < -0.4 is 5.73 Å². The van der Waals surface area contributed by atoms with Crippen LogP contribution in [-0.2, 0) is 10.0 Å². The van der Waals surface area contributed by atoms with Crippen LogP contribution in [0.25, 0.3) is 0 Å². The summed E-state index contributed by atoms with van der Waals surface area (Å²) in [6.07, 6.45) is 0. The van der Waals surface area contributed by atoms with E-state index >= 15 is 0 Å². The van der Waals surface area contributed by atoms with Gasteiger partial charge in [-0.15, -0.1) is 0 Å². The van der Waals surface area contributed by atoms with Gasteiger partial charge < -0.3 is 10.8 Å². The lowest BCUT2D eigenvalue weighted by atomic mass is 10.0. The predicted molar refractivity (Wildman–Crippen MR) is 69.7 cm³/mol. The Morgan fingerprint density at radius 3 is 2.11 bits per heavy atom. The Kier molecular flexibility index (Phi) is 2.92. The lowest BCUT2D eigenvalue weighted by molar-refractivity contribution is -0.0426. The van der Waals surface area contributed by atoms with E-state index < -0.39 is 15.6 Å². The highest BCUT2D eigenvalue weighted by Crippen LogP contribution is 2.31. The first kappa shape index (κ1) is 13.3. The van der Waals surface area contributed by atoms with E-state index in [-0.39, 0.29) is 13.1 Å². The standard InChI is InChI=1S/C12H18N2O3S/c1-8-4-10(13)5-9(2)11(8)18(16,17)14-6-12(3,15)7-14/h4-5,15H,6-7,13H2,1-3H3. The van der Waals surface area contributed by atoms with Crippen molar-refractivity contribution in [1.29, 1.82) is 0 Å². The molecule has 1 aliphatic rings. The molecule has 1 saturated heterocycles. The fourth-order valence-electron chi connectivity index (χ4n) is 2.40. The molecule has 100 valence electrons. The smallest absolute Gasteiger partial charge is 0.243 e. The van der Waals surface area contributed by atoms with E-state index in [1.54, 1.807) is 32.9 Å². The molecule has 3 N–H and O–H groups in total. The largest absolute Gasteiger partial charge is 0.399 e. The molecule has 0 radical (unpaired) electrons. The van der Waals surface area contributed by atoms with E-state index in [4.69, 9.17) is 5.73 Å². The van der Waals surface area contributed by atoms with Crippen LogP contribution in [0, 0.1) is 13.8 Å². The molecule has 1 aromatic rings. The Bertz CT molecular complexity index is 562. The van der Waals surface area contributed by atoms with Crippen molar-refractivity contribution < 1.29 is 13.5 Å². The number of anilines is 1. The van der Waals surface area contributed by atoms with Gasteiger partial charge in [-0.05, 0) is 44.0 Å². The van der Waals surface area contributed by atoms with Crippen molar-refractivity contribution >= 4 is 15.7 Å². The topological polar surface area (TPSA) is 83.6 Å². The molecule has 1 aliphatic heterocycles. The van der Waals surface area contributed by atoms with Gasteiger partial charge in [0.05, 0.1) is 10.5 Å². The second-order valence-corrected chi connectivity index (χ2v) is 7.13. The summed E-state index contributed by atoms with van der Waals surface area (Å²) >= 11 is 0. The van der Waals surface area contributed by atoms with Crippen molar-refractivity contribution in [3.05, 3.63) is 23.3 Å². The number of aliphatic hydroxyl groups is 1. The van der Waals surface area contributed by atoms with Crippen LogP contribution in [0.5, 0.6) is 0 Å². The van der Waals surface area contributed by atoms with E-state index in [0.717, 1.165) is 0 Å². The number of nitrogens with two attached hydrogens (primary N) is 1. The minimum atomic E-state index is -3.53. The molecule has 0 amide bonds. The van der Waals surface area contributed by atoms with Crippen LogP contribution in [0.1, 0.15) is 18.1 Å². The summed E-state index contributed by atoms with van der Waals surface area (Å²) < 4.78 is 26.1. The lowest BCUT2D eigenvalue weighted by Gasteiger charge is -2.43. The highest BCUT2D eigenvalue weighted by atomic mass is 32.2. The van der Waals surface area contributed by atoms with Gasteiger partial charge in [-0.1, -0.05) is 0 Å². The quantitative estimate of drug-likeness (QED) is 0.773. The second kappa shape index (κ2) is 3.94. The lowest BCUT2D eigenvalue weighted by Crippen LogP contribution is -2.61. The molecule has 1 heterocycles. The minimum Gasteiger partial charge on any atom is -0.399 e. The molecule has 1 fully saturated rings. The summed E-state index contributed by atoms with van der Waals surface area (Å²) in [4.78, 5) is 0.298. The number of β-amino-alcohol motifs (C(OH)–C–C–N with tert-alkyl or cyclic N) is 1. The van der Waals surface area contributed by atoms with E-state index in [2.05, 4.69) is 0 Å². The first-order valence-corrected chi connectivity index (χ1v) is 7.17. The number of nitrogens with zero attached hydrogens (tertiary/aromatic N) is 1. The molecule has 6 heteroatoms. The summed E-state index contributed by atoms with van der Waals surface area (Å²) in [6, 6.07) is 3.30. The van der Waals surface area contributed by atoms with Crippen molar-refractivity contribution in [1.82, 2.24) is 4.31 Å². The zero-order valence-corrected chi connectivity index (χ0v) is 11.6. The maximum absolute atomic E-state index is 12.4. The second-order valence-electron chi connectivity index (χ2n) is 5.25. The monoisotopic (exact) mass is 270 g/mol. The molecule has 0 unspecified atom stereocenters. The van der Waals surface area contributed by atoms with E-state index in [1.807, 2.05) is 0 Å². The molecule has 18 heavy (non-hydrogen) atoms. The van der Waals surface area contributed by atoms with Crippen LogP contribution in [0.3, 0.4) is 0 Å². The minimum absolute atomic E-state index is 0.137. The molecule has 5 nitrogen and oxygen atoms in total. The molecule has 0 bridgehead atoms. The Balaban J connectivity index is 2.44. The number of benzene rings is 1. The average molecular weight is 270 g/mol. The number of aryl methyl sites for hydroxylation is 2. The third-order valence-electron chi connectivity index (χ3n) is 3.11. The van der Waals surface area contributed by atoms with Crippen molar-refractivity contribution in [2.75, 3.05) is 18.8 Å². The fraction of sp³-hybridized carbons (Fsp3) is 0.500. The zero-order chi connectivity index (χ0) is 13.7. The summed E-state index contributed by atoms with van der Waals surface area (Å²) in [5, 5.41) is 9.65. The Labute approximate surface area is 107 Å². The highest BCUT2D eigenvalue weighted by Gasteiger charge is 2.44. The van der Waals surface area contributed by atoms with Gasteiger partial charge in [0.25, 0.3) is 0 Å². The predicted octanol–water partition coefficient (Wildman–Crippen LogP) is 0.641. The van der Waals surface area contributed by atoms with Crippen molar-refractivity contribution in [3.8, 4) is 0 Å². The highest BCUT2D eigenvalue weighted by molar-refractivity contribution is 7.89. The van der Waals surface area contributed by atoms with Crippen LogP contribution in [0.15, 0.2) is 17.0 Å².